The van der Waals surface area contributed by atoms with Crippen molar-refractivity contribution in [2.45, 2.75) is 4.90 Å². The molecule has 0 N–H and O–H groups in total. The highest BCUT2D eigenvalue weighted by molar-refractivity contribution is 7.90. The Morgan fingerprint density at radius 3 is 2.18 bits per heavy atom. The molecule has 1 aliphatic heterocycles. The van der Waals surface area contributed by atoms with Gasteiger partial charge in [-0.15, -0.1) is 4.31 Å². The van der Waals surface area contributed by atoms with Crippen LogP contribution in [0.25, 0.3) is 0 Å². The number of benzene rings is 1. The molecule has 6 nitrogen and oxygen atoms in total. The zero-order chi connectivity index (χ0) is 12.6. The fraction of sp³-hybridized carbons (Fsp3) is 0.200. The Labute approximate surface area is 98.5 Å². The summed E-state index contributed by atoms with van der Waals surface area (Å²) in [5, 5.41) is 0. The minimum absolute atomic E-state index is 0.0722. The van der Waals surface area contributed by atoms with Gasteiger partial charge in [0.15, 0.2) is 0 Å². The van der Waals surface area contributed by atoms with Crippen LogP contribution in [0.4, 0.5) is 4.79 Å². The third-order valence-corrected chi connectivity index (χ3v) is 4.09. The van der Waals surface area contributed by atoms with Crippen molar-refractivity contribution in [2.24, 2.45) is 0 Å². The Kier molecular flexibility index (Phi) is 2.62. The Balaban J connectivity index is 2.48. The number of carbonyl (C=O) groups is 2. The van der Waals surface area contributed by atoms with Crippen molar-refractivity contribution >= 4 is 22.0 Å². The summed E-state index contributed by atoms with van der Waals surface area (Å²) in [4.78, 5) is 24.1. The lowest BCUT2D eigenvalue weighted by Gasteiger charge is -2.14. The largest absolute Gasteiger partial charge is 0.341 e. The van der Waals surface area contributed by atoms with Crippen LogP contribution < -0.4 is 0 Å². The second kappa shape index (κ2) is 3.85. The van der Waals surface area contributed by atoms with Crippen LogP contribution in [0, 0.1) is 0 Å². The standard InChI is InChI=1S/C10H10N2O4S/c1-11-7-9(13)12(10(11)14)17(15,16)8-5-3-2-4-6-8/h2-6H,7H2,1H3. The van der Waals surface area contributed by atoms with Crippen molar-refractivity contribution in [1.29, 1.82) is 0 Å². The fourth-order valence-electron chi connectivity index (χ4n) is 1.53. The molecule has 3 amide bonds. The number of rotatable bonds is 2. The Hall–Kier alpha value is -1.89. The molecule has 1 aromatic rings. The molecule has 1 heterocycles. The smallest absolute Gasteiger partial charge is 0.317 e. The summed E-state index contributed by atoms with van der Waals surface area (Å²) in [7, 11) is -2.70. The van der Waals surface area contributed by atoms with Crippen molar-refractivity contribution in [1.82, 2.24) is 9.21 Å². The number of amides is 3. The van der Waals surface area contributed by atoms with E-state index in [4.69, 9.17) is 0 Å². The molecule has 1 aliphatic rings. The van der Waals surface area contributed by atoms with Crippen LogP contribution in [0.5, 0.6) is 0 Å². The first-order valence-electron chi connectivity index (χ1n) is 4.83. The first-order valence-corrected chi connectivity index (χ1v) is 6.27. The summed E-state index contributed by atoms with van der Waals surface area (Å²) in [6, 6.07) is 6.57. The molecule has 0 spiro atoms. The van der Waals surface area contributed by atoms with Gasteiger partial charge in [0.2, 0.25) is 0 Å². The maximum Gasteiger partial charge on any atom is 0.341 e. The number of imide groups is 1. The molecule has 1 saturated heterocycles. The van der Waals surface area contributed by atoms with Crippen LogP contribution in [-0.4, -0.2) is 43.2 Å². The van der Waals surface area contributed by atoms with Crippen molar-refractivity contribution in [3.05, 3.63) is 30.3 Å². The lowest BCUT2D eigenvalue weighted by molar-refractivity contribution is -0.122. The number of sulfonamides is 1. The van der Waals surface area contributed by atoms with Crippen molar-refractivity contribution < 1.29 is 18.0 Å². The first-order chi connectivity index (χ1) is 7.94. The molecule has 0 aliphatic carbocycles. The molecule has 0 radical (unpaired) electrons. The van der Waals surface area contributed by atoms with Crippen LogP contribution in [0.1, 0.15) is 0 Å². The molecule has 17 heavy (non-hydrogen) atoms. The summed E-state index contributed by atoms with van der Waals surface area (Å²) >= 11 is 0. The topological polar surface area (TPSA) is 74.8 Å². The highest BCUT2D eigenvalue weighted by atomic mass is 32.2. The zero-order valence-corrected chi connectivity index (χ0v) is 9.85. The number of nitrogens with zero attached hydrogens (tertiary/aromatic N) is 2. The van der Waals surface area contributed by atoms with E-state index in [0.717, 1.165) is 4.90 Å². The van der Waals surface area contributed by atoms with E-state index >= 15 is 0 Å². The molecule has 0 saturated carbocycles. The van der Waals surface area contributed by atoms with E-state index < -0.39 is 22.0 Å². The van der Waals surface area contributed by atoms with Crippen molar-refractivity contribution in [3.8, 4) is 0 Å². The predicted molar refractivity (Wildman–Crippen MR) is 58.5 cm³/mol. The lowest BCUT2D eigenvalue weighted by atomic mass is 10.4. The Bertz CT molecular complexity index is 567. The van der Waals surface area contributed by atoms with Crippen LogP contribution in [0.3, 0.4) is 0 Å². The van der Waals surface area contributed by atoms with Gasteiger partial charge in [-0.25, -0.2) is 13.2 Å². The molecule has 2 rings (SSSR count). The third-order valence-electron chi connectivity index (χ3n) is 2.38. The molecule has 0 atom stereocenters. The van der Waals surface area contributed by atoms with E-state index in [1.807, 2.05) is 0 Å². The first kappa shape index (κ1) is 11.6. The molecule has 0 unspecified atom stereocenters. The maximum absolute atomic E-state index is 12.1. The van der Waals surface area contributed by atoms with Gasteiger partial charge in [0, 0.05) is 7.05 Å². The minimum Gasteiger partial charge on any atom is -0.317 e. The monoisotopic (exact) mass is 254 g/mol. The molecule has 0 bridgehead atoms. The molecular formula is C10H10N2O4S. The summed E-state index contributed by atoms with van der Waals surface area (Å²) in [6.45, 7) is -0.217. The van der Waals surface area contributed by atoms with Crippen molar-refractivity contribution in [3.63, 3.8) is 0 Å². The highest BCUT2D eigenvalue weighted by Gasteiger charge is 2.42. The lowest BCUT2D eigenvalue weighted by Crippen LogP contribution is -2.37. The SMILES string of the molecule is CN1CC(=O)N(S(=O)(=O)c2ccccc2)C1=O. The van der Waals surface area contributed by atoms with Gasteiger partial charge < -0.3 is 4.90 Å². The van der Waals surface area contributed by atoms with Gasteiger partial charge >= 0.3 is 6.03 Å². The van der Waals surface area contributed by atoms with Gasteiger partial charge in [-0.3, -0.25) is 4.79 Å². The quantitative estimate of drug-likeness (QED) is 0.710. The molecule has 0 aromatic heterocycles. The molecule has 1 fully saturated rings. The number of urea groups is 1. The van der Waals surface area contributed by atoms with Crippen LogP contribution >= 0.6 is 0 Å². The summed E-state index contributed by atoms with van der Waals surface area (Å²) in [5.41, 5.74) is 0. The van der Waals surface area contributed by atoms with Crippen molar-refractivity contribution in [2.75, 3.05) is 13.6 Å². The van der Waals surface area contributed by atoms with Gasteiger partial charge in [-0.1, -0.05) is 18.2 Å². The molecule has 7 heteroatoms. The summed E-state index contributed by atoms with van der Waals surface area (Å²) in [6.07, 6.45) is 0. The minimum atomic E-state index is -4.08. The van der Waals surface area contributed by atoms with Gasteiger partial charge in [0.05, 0.1) is 4.90 Å². The zero-order valence-electron chi connectivity index (χ0n) is 9.03. The molecule has 1 aromatic carbocycles. The van der Waals surface area contributed by atoms with Gasteiger partial charge in [0.25, 0.3) is 15.9 Å². The van der Waals surface area contributed by atoms with E-state index in [0.29, 0.717) is 4.31 Å². The van der Waals surface area contributed by atoms with E-state index in [1.165, 1.54) is 31.3 Å². The number of hydrogen-bond acceptors (Lipinski definition) is 4. The van der Waals surface area contributed by atoms with E-state index in [-0.39, 0.29) is 11.4 Å². The average molecular weight is 254 g/mol. The van der Waals surface area contributed by atoms with Gasteiger partial charge in [-0.2, -0.15) is 0 Å². The van der Waals surface area contributed by atoms with Crippen LogP contribution in [0.2, 0.25) is 0 Å². The predicted octanol–water partition coefficient (Wildman–Crippen LogP) is 0.269. The number of carbonyl (C=O) groups excluding carboxylic acids is 2. The normalized spacial score (nSPS) is 16.8. The third kappa shape index (κ3) is 1.78. The maximum atomic E-state index is 12.1. The van der Waals surface area contributed by atoms with Crippen LogP contribution in [-0.2, 0) is 14.8 Å². The van der Waals surface area contributed by atoms with E-state index in [2.05, 4.69) is 0 Å². The Morgan fingerprint density at radius 1 is 1.12 bits per heavy atom. The van der Waals surface area contributed by atoms with Gasteiger partial charge in [0.1, 0.15) is 6.54 Å². The second-order valence-corrected chi connectivity index (χ2v) is 5.40. The van der Waals surface area contributed by atoms with E-state index in [1.54, 1.807) is 6.07 Å². The number of likely N-dealkylation sites (N-methyl/N-ethyl adjacent to an activating group) is 1. The number of hydrogen-bond donors (Lipinski definition) is 0. The summed E-state index contributed by atoms with van der Waals surface area (Å²) in [5.74, 6) is -0.735. The molecular weight excluding hydrogens is 244 g/mol. The van der Waals surface area contributed by atoms with E-state index in [9.17, 15) is 18.0 Å². The molecule has 90 valence electrons. The fourth-order valence-corrected chi connectivity index (χ4v) is 2.91. The summed E-state index contributed by atoms with van der Waals surface area (Å²) < 4.78 is 24.4. The second-order valence-electron chi connectivity index (χ2n) is 3.61. The van der Waals surface area contributed by atoms with Gasteiger partial charge in [-0.05, 0) is 12.1 Å². The van der Waals surface area contributed by atoms with Crippen LogP contribution in [0.15, 0.2) is 35.2 Å². The Morgan fingerprint density at radius 2 is 1.71 bits per heavy atom. The average Bonchev–Trinajstić information content (AvgIpc) is 2.54. The highest BCUT2D eigenvalue weighted by Crippen LogP contribution is 2.20.